The van der Waals surface area contributed by atoms with Gasteiger partial charge in [0.25, 0.3) is 5.91 Å². The molecule has 8 heteroatoms. The minimum atomic E-state index is -0.613. The van der Waals surface area contributed by atoms with Crippen LogP contribution in [0.4, 0.5) is 0 Å². The Kier molecular flexibility index (Phi) is 5.84. The molecule has 1 amide bonds. The van der Waals surface area contributed by atoms with Gasteiger partial charge in [-0.3, -0.25) is 9.89 Å². The number of halogens is 1. The van der Waals surface area contributed by atoms with Crippen molar-refractivity contribution in [3.63, 3.8) is 0 Å². The summed E-state index contributed by atoms with van der Waals surface area (Å²) in [5.74, 6) is 0.777. The van der Waals surface area contributed by atoms with Gasteiger partial charge in [-0.15, -0.1) is 0 Å². The molecule has 0 spiro atoms. The second kappa shape index (κ2) is 7.85. The predicted octanol–water partition coefficient (Wildman–Crippen LogP) is 1.76. The SMILES string of the molecule is COc1ccc(OCc2cc(C(=O)NCC(C)O)n[nH]2)c(Cl)c1. The molecule has 1 aromatic carbocycles. The minimum absolute atomic E-state index is 0.166. The van der Waals surface area contributed by atoms with Crippen LogP contribution >= 0.6 is 11.6 Å². The Morgan fingerprint density at radius 2 is 2.26 bits per heavy atom. The van der Waals surface area contributed by atoms with E-state index in [2.05, 4.69) is 15.5 Å². The van der Waals surface area contributed by atoms with E-state index in [9.17, 15) is 4.79 Å². The number of H-pyrrole nitrogens is 1. The third kappa shape index (κ3) is 4.87. The molecule has 23 heavy (non-hydrogen) atoms. The molecule has 7 nitrogen and oxygen atoms in total. The van der Waals surface area contributed by atoms with Gasteiger partial charge in [-0.1, -0.05) is 11.6 Å². The average Bonchev–Trinajstić information content (AvgIpc) is 3.00. The van der Waals surface area contributed by atoms with Crippen LogP contribution in [0.25, 0.3) is 0 Å². The van der Waals surface area contributed by atoms with Gasteiger partial charge in [0.05, 0.1) is 23.9 Å². The number of methoxy groups -OCH3 is 1. The van der Waals surface area contributed by atoms with Gasteiger partial charge < -0.3 is 19.9 Å². The predicted molar refractivity (Wildman–Crippen MR) is 84.9 cm³/mol. The lowest BCUT2D eigenvalue weighted by Gasteiger charge is -2.08. The largest absolute Gasteiger partial charge is 0.497 e. The molecule has 0 saturated carbocycles. The second-order valence-electron chi connectivity index (χ2n) is 4.92. The van der Waals surface area contributed by atoms with Crippen LogP contribution in [0.1, 0.15) is 23.1 Å². The lowest BCUT2D eigenvalue weighted by atomic mass is 10.3. The molecule has 0 aliphatic heterocycles. The van der Waals surface area contributed by atoms with E-state index < -0.39 is 6.10 Å². The van der Waals surface area contributed by atoms with E-state index in [1.807, 2.05) is 0 Å². The first-order valence-corrected chi connectivity index (χ1v) is 7.34. The van der Waals surface area contributed by atoms with Crippen molar-refractivity contribution in [2.75, 3.05) is 13.7 Å². The number of aromatic nitrogens is 2. The van der Waals surface area contributed by atoms with E-state index in [1.54, 1.807) is 38.3 Å². The molecule has 2 aromatic rings. The molecule has 1 atom stereocenters. The minimum Gasteiger partial charge on any atom is -0.497 e. The molecule has 0 bridgehead atoms. The first-order valence-electron chi connectivity index (χ1n) is 6.96. The number of aromatic amines is 1. The van der Waals surface area contributed by atoms with Crippen LogP contribution in [0.5, 0.6) is 11.5 Å². The summed E-state index contributed by atoms with van der Waals surface area (Å²) in [7, 11) is 1.56. The van der Waals surface area contributed by atoms with Crippen LogP contribution in [0.2, 0.25) is 5.02 Å². The van der Waals surface area contributed by atoms with Crippen molar-refractivity contribution in [1.82, 2.24) is 15.5 Å². The summed E-state index contributed by atoms with van der Waals surface area (Å²) in [5, 5.41) is 18.8. The Labute approximate surface area is 138 Å². The van der Waals surface area contributed by atoms with E-state index in [-0.39, 0.29) is 24.8 Å². The van der Waals surface area contributed by atoms with Crippen molar-refractivity contribution in [3.05, 3.63) is 40.7 Å². The first kappa shape index (κ1) is 17.1. The Morgan fingerprint density at radius 1 is 1.48 bits per heavy atom. The summed E-state index contributed by atoms with van der Waals surface area (Å²) >= 11 is 6.08. The van der Waals surface area contributed by atoms with Crippen molar-refractivity contribution in [1.29, 1.82) is 0 Å². The smallest absolute Gasteiger partial charge is 0.271 e. The molecule has 124 valence electrons. The fraction of sp³-hybridized carbons (Fsp3) is 0.333. The highest BCUT2D eigenvalue weighted by atomic mass is 35.5. The summed E-state index contributed by atoms with van der Waals surface area (Å²) in [4.78, 5) is 11.8. The van der Waals surface area contributed by atoms with Gasteiger partial charge in [0.2, 0.25) is 0 Å². The first-order chi connectivity index (χ1) is 11.0. The normalized spacial score (nSPS) is 11.8. The molecule has 1 heterocycles. The molecule has 0 aliphatic carbocycles. The number of amides is 1. The lowest BCUT2D eigenvalue weighted by Crippen LogP contribution is -2.30. The zero-order valence-corrected chi connectivity index (χ0v) is 13.6. The highest BCUT2D eigenvalue weighted by Gasteiger charge is 2.12. The molecular weight excluding hydrogens is 322 g/mol. The number of aliphatic hydroxyl groups is 1. The van der Waals surface area contributed by atoms with Gasteiger partial charge in [0, 0.05) is 12.6 Å². The highest BCUT2D eigenvalue weighted by molar-refractivity contribution is 6.32. The van der Waals surface area contributed by atoms with Gasteiger partial charge in [-0.05, 0) is 25.1 Å². The van der Waals surface area contributed by atoms with Crippen LogP contribution in [-0.4, -0.2) is 41.0 Å². The number of rotatable bonds is 7. The standard InChI is InChI=1S/C15H18ClN3O4/c1-9(20)7-17-15(21)13-5-10(18-19-13)8-23-14-4-3-11(22-2)6-12(14)16/h3-6,9,20H,7-8H2,1-2H3,(H,17,21)(H,18,19). The maximum Gasteiger partial charge on any atom is 0.271 e. The molecule has 0 radical (unpaired) electrons. The summed E-state index contributed by atoms with van der Waals surface area (Å²) in [6.45, 7) is 1.93. The van der Waals surface area contributed by atoms with Crippen LogP contribution in [0.15, 0.2) is 24.3 Å². The van der Waals surface area contributed by atoms with Gasteiger partial charge >= 0.3 is 0 Å². The number of carbonyl (C=O) groups is 1. The van der Waals surface area contributed by atoms with Crippen molar-refractivity contribution in [2.24, 2.45) is 0 Å². The number of nitrogens with one attached hydrogen (secondary N) is 2. The number of benzene rings is 1. The zero-order valence-electron chi connectivity index (χ0n) is 12.8. The Balaban J connectivity index is 1.93. The molecule has 1 aromatic heterocycles. The summed E-state index contributed by atoms with van der Waals surface area (Å²) in [5.41, 5.74) is 0.851. The quantitative estimate of drug-likeness (QED) is 0.714. The summed E-state index contributed by atoms with van der Waals surface area (Å²) < 4.78 is 10.6. The molecule has 0 saturated heterocycles. The highest BCUT2D eigenvalue weighted by Crippen LogP contribution is 2.29. The molecule has 1 unspecified atom stereocenters. The van der Waals surface area contributed by atoms with Crippen LogP contribution < -0.4 is 14.8 Å². The Morgan fingerprint density at radius 3 is 2.91 bits per heavy atom. The molecule has 3 N–H and O–H groups in total. The summed E-state index contributed by atoms with van der Waals surface area (Å²) in [6, 6.07) is 6.67. The number of hydrogen-bond donors (Lipinski definition) is 3. The number of aliphatic hydroxyl groups excluding tert-OH is 1. The van der Waals surface area contributed by atoms with Crippen LogP contribution in [0, 0.1) is 0 Å². The monoisotopic (exact) mass is 339 g/mol. The number of carbonyl (C=O) groups excluding carboxylic acids is 1. The van der Waals surface area contributed by atoms with Crippen molar-refractivity contribution in [2.45, 2.75) is 19.6 Å². The molecular formula is C15H18ClN3O4. The van der Waals surface area contributed by atoms with E-state index in [1.165, 1.54) is 0 Å². The lowest BCUT2D eigenvalue weighted by molar-refractivity contribution is 0.0919. The van der Waals surface area contributed by atoms with Gasteiger partial charge in [0.1, 0.15) is 23.8 Å². The van der Waals surface area contributed by atoms with Crippen molar-refractivity contribution < 1.29 is 19.4 Å². The fourth-order valence-electron chi connectivity index (χ4n) is 1.76. The second-order valence-corrected chi connectivity index (χ2v) is 5.33. The molecule has 2 rings (SSSR count). The van der Waals surface area contributed by atoms with Crippen LogP contribution in [0.3, 0.4) is 0 Å². The maximum atomic E-state index is 11.8. The number of hydrogen-bond acceptors (Lipinski definition) is 5. The Hall–Kier alpha value is -2.25. The third-order valence-corrected chi connectivity index (χ3v) is 3.24. The van der Waals surface area contributed by atoms with Gasteiger partial charge in [0.15, 0.2) is 0 Å². The van der Waals surface area contributed by atoms with E-state index in [4.69, 9.17) is 26.2 Å². The van der Waals surface area contributed by atoms with Crippen LogP contribution in [-0.2, 0) is 6.61 Å². The topological polar surface area (TPSA) is 96.5 Å². The van der Waals surface area contributed by atoms with Crippen molar-refractivity contribution >= 4 is 17.5 Å². The van der Waals surface area contributed by atoms with Crippen molar-refractivity contribution in [3.8, 4) is 11.5 Å². The number of nitrogens with zero attached hydrogens (tertiary/aromatic N) is 1. The Bertz CT molecular complexity index is 672. The average molecular weight is 340 g/mol. The molecule has 0 fully saturated rings. The van der Waals surface area contributed by atoms with E-state index in [0.717, 1.165) is 0 Å². The number of ether oxygens (including phenoxy) is 2. The van der Waals surface area contributed by atoms with E-state index in [0.29, 0.717) is 22.2 Å². The third-order valence-electron chi connectivity index (χ3n) is 2.94. The summed E-state index contributed by atoms with van der Waals surface area (Å²) in [6.07, 6.45) is -0.613. The molecule has 0 aliphatic rings. The fourth-order valence-corrected chi connectivity index (χ4v) is 1.99. The van der Waals surface area contributed by atoms with Gasteiger partial charge in [-0.25, -0.2) is 0 Å². The van der Waals surface area contributed by atoms with E-state index >= 15 is 0 Å². The zero-order chi connectivity index (χ0) is 16.8. The maximum absolute atomic E-state index is 11.8. The van der Waals surface area contributed by atoms with Gasteiger partial charge in [-0.2, -0.15) is 5.10 Å².